The van der Waals surface area contributed by atoms with Gasteiger partial charge in [-0.05, 0) is 51.9 Å². The van der Waals surface area contributed by atoms with Crippen LogP contribution in [-0.4, -0.2) is 83.7 Å². The molecule has 0 saturated carbocycles. The average Bonchev–Trinajstić information content (AvgIpc) is 2.64. The highest BCUT2D eigenvalue weighted by Gasteiger charge is 2.45. The maximum atomic E-state index is 14.2. The largest absolute Gasteiger partial charge is 0.497 e. The molecule has 0 radical (unpaired) electrons. The van der Waals surface area contributed by atoms with E-state index in [1.54, 1.807) is 17.0 Å². The van der Waals surface area contributed by atoms with Crippen LogP contribution in [0.15, 0.2) is 18.2 Å². The zero-order valence-electron chi connectivity index (χ0n) is 17.4. The fourth-order valence-corrected chi connectivity index (χ4v) is 4.21. The van der Waals surface area contributed by atoms with Gasteiger partial charge in [-0.1, -0.05) is 0 Å². The Hall–Kier alpha value is -1.70. The maximum absolute atomic E-state index is 14.2. The standard InChI is InChI=1S/C21H32FN3O3/c1-20(2)14-24(11-10-23(20)3)15-21(27)8-5-9-25(19(21)26)13-16-12-17(28-4)6-7-18(16)22/h6-7,12,27H,5,8-11,13-15H2,1-4H3. The minimum Gasteiger partial charge on any atom is -0.497 e. The van der Waals surface area contributed by atoms with E-state index in [0.717, 1.165) is 19.6 Å². The quantitative estimate of drug-likeness (QED) is 0.826. The number of piperidine rings is 1. The number of methoxy groups -OCH3 is 1. The fraction of sp³-hybridized carbons (Fsp3) is 0.667. The van der Waals surface area contributed by atoms with Crippen molar-refractivity contribution in [3.8, 4) is 5.75 Å². The lowest BCUT2D eigenvalue weighted by atomic mass is 9.89. The Morgan fingerprint density at radius 3 is 2.68 bits per heavy atom. The van der Waals surface area contributed by atoms with Crippen molar-refractivity contribution in [2.45, 2.75) is 44.4 Å². The molecule has 6 nitrogen and oxygen atoms in total. The summed E-state index contributed by atoms with van der Waals surface area (Å²) in [6.07, 6.45) is 1.14. The monoisotopic (exact) mass is 393 g/mol. The minimum absolute atomic E-state index is 0.00423. The van der Waals surface area contributed by atoms with Crippen LogP contribution in [0.4, 0.5) is 4.39 Å². The Balaban J connectivity index is 1.71. The number of nitrogens with zero attached hydrogens (tertiary/aromatic N) is 3. The van der Waals surface area contributed by atoms with Crippen LogP contribution in [0.25, 0.3) is 0 Å². The smallest absolute Gasteiger partial charge is 0.256 e. The Labute approximate surface area is 166 Å². The van der Waals surface area contributed by atoms with Gasteiger partial charge in [0.25, 0.3) is 5.91 Å². The molecule has 3 rings (SSSR count). The first kappa shape index (κ1) is 21.0. The molecule has 1 unspecified atom stereocenters. The van der Waals surface area contributed by atoms with E-state index in [4.69, 9.17) is 4.74 Å². The van der Waals surface area contributed by atoms with Crippen molar-refractivity contribution in [3.05, 3.63) is 29.6 Å². The van der Waals surface area contributed by atoms with Crippen molar-refractivity contribution in [1.82, 2.24) is 14.7 Å². The Morgan fingerprint density at radius 1 is 1.25 bits per heavy atom. The van der Waals surface area contributed by atoms with E-state index in [9.17, 15) is 14.3 Å². The van der Waals surface area contributed by atoms with Gasteiger partial charge in [-0.2, -0.15) is 0 Å². The van der Waals surface area contributed by atoms with Gasteiger partial charge in [-0.25, -0.2) is 4.39 Å². The van der Waals surface area contributed by atoms with Crippen LogP contribution < -0.4 is 4.74 Å². The maximum Gasteiger partial charge on any atom is 0.256 e. The summed E-state index contributed by atoms with van der Waals surface area (Å²) in [5, 5.41) is 11.2. The summed E-state index contributed by atoms with van der Waals surface area (Å²) < 4.78 is 19.4. The second kappa shape index (κ2) is 7.97. The van der Waals surface area contributed by atoms with Crippen LogP contribution in [0.5, 0.6) is 5.75 Å². The van der Waals surface area contributed by atoms with Crippen LogP contribution in [0, 0.1) is 5.82 Å². The topological polar surface area (TPSA) is 56.3 Å². The molecule has 0 spiro atoms. The predicted octanol–water partition coefficient (Wildman–Crippen LogP) is 1.71. The van der Waals surface area contributed by atoms with E-state index in [1.165, 1.54) is 13.2 Å². The number of benzene rings is 1. The average molecular weight is 394 g/mol. The summed E-state index contributed by atoms with van der Waals surface area (Å²) >= 11 is 0. The summed E-state index contributed by atoms with van der Waals surface area (Å²) in [5.74, 6) is -0.128. The number of β-amino-alcohol motifs (C(OH)–C–C–N with tert-alkyl or cyclic N) is 1. The van der Waals surface area contributed by atoms with Crippen LogP contribution in [0.1, 0.15) is 32.3 Å². The number of amides is 1. The van der Waals surface area contributed by atoms with Crippen molar-refractivity contribution < 1.29 is 19.0 Å². The molecular formula is C21H32FN3O3. The number of carbonyl (C=O) groups excluding carboxylic acids is 1. The molecule has 156 valence electrons. The summed E-state index contributed by atoms with van der Waals surface area (Å²) in [6, 6.07) is 4.52. The molecule has 1 aromatic rings. The molecule has 2 heterocycles. The SMILES string of the molecule is COc1ccc(F)c(CN2CCCC(O)(CN3CCN(C)C(C)(C)C3)C2=O)c1. The Kier molecular flexibility index (Phi) is 5.98. The lowest BCUT2D eigenvalue weighted by Gasteiger charge is -2.48. The van der Waals surface area contributed by atoms with Crippen LogP contribution in [-0.2, 0) is 11.3 Å². The van der Waals surface area contributed by atoms with Crippen molar-refractivity contribution in [1.29, 1.82) is 0 Å². The molecule has 7 heteroatoms. The third-order valence-electron chi connectivity index (χ3n) is 6.20. The highest BCUT2D eigenvalue weighted by molar-refractivity contribution is 5.86. The summed E-state index contributed by atoms with van der Waals surface area (Å²) in [5.41, 5.74) is -1.02. The second-order valence-corrected chi connectivity index (χ2v) is 8.76. The van der Waals surface area contributed by atoms with E-state index < -0.39 is 5.60 Å². The molecule has 1 aromatic carbocycles. The summed E-state index contributed by atoms with van der Waals surface area (Å²) in [6.45, 7) is 7.83. The highest BCUT2D eigenvalue weighted by Crippen LogP contribution is 2.28. The van der Waals surface area contributed by atoms with Crippen molar-refractivity contribution >= 4 is 5.91 Å². The zero-order chi connectivity index (χ0) is 20.5. The third-order valence-corrected chi connectivity index (χ3v) is 6.20. The molecule has 0 aromatic heterocycles. The van der Waals surface area contributed by atoms with Crippen LogP contribution in [0.3, 0.4) is 0 Å². The van der Waals surface area contributed by atoms with E-state index in [1.807, 2.05) is 0 Å². The molecule has 2 aliphatic heterocycles. The molecule has 1 atom stereocenters. The van der Waals surface area contributed by atoms with Gasteiger partial charge in [0.1, 0.15) is 11.6 Å². The number of ether oxygens (including phenoxy) is 1. The van der Waals surface area contributed by atoms with Crippen molar-refractivity contribution in [2.24, 2.45) is 0 Å². The Morgan fingerprint density at radius 2 is 2.00 bits per heavy atom. The van der Waals surface area contributed by atoms with E-state index in [2.05, 4.69) is 30.7 Å². The molecule has 28 heavy (non-hydrogen) atoms. The summed E-state index contributed by atoms with van der Waals surface area (Å²) in [7, 11) is 3.63. The molecule has 0 aliphatic carbocycles. The number of rotatable bonds is 5. The van der Waals surface area contributed by atoms with E-state index in [-0.39, 0.29) is 23.8 Å². The first-order valence-corrected chi connectivity index (χ1v) is 9.92. The lowest BCUT2D eigenvalue weighted by Crippen LogP contribution is -2.63. The van der Waals surface area contributed by atoms with Gasteiger partial charge in [0, 0.05) is 50.4 Å². The number of hydrogen-bond acceptors (Lipinski definition) is 5. The highest BCUT2D eigenvalue weighted by atomic mass is 19.1. The zero-order valence-corrected chi connectivity index (χ0v) is 17.4. The molecule has 2 fully saturated rings. The van der Waals surface area contributed by atoms with Gasteiger partial charge in [0.15, 0.2) is 5.60 Å². The number of aliphatic hydroxyl groups is 1. The van der Waals surface area contributed by atoms with Gasteiger partial charge in [-0.15, -0.1) is 0 Å². The number of hydrogen-bond donors (Lipinski definition) is 1. The van der Waals surface area contributed by atoms with Gasteiger partial charge < -0.3 is 14.7 Å². The summed E-state index contributed by atoms with van der Waals surface area (Å²) in [4.78, 5) is 19.1. The van der Waals surface area contributed by atoms with Gasteiger partial charge in [0.2, 0.25) is 0 Å². The molecule has 1 N–H and O–H groups in total. The number of piperazine rings is 1. The van der Waals surface area contributed by atoms with Crippen molar-refractivity contribution in [2.75, 3.05) is 46.9 Å². The van der Waals surface area contributed by atoms with E-state index >= 15 is 0 Å². The predicted molar refractivity (Wildman–Crippen MR) is 106 cm³/mol. The van der Waals surface area contributed by atoms with Crippen LogP contribution in [0.2, 0.25) is 0 Å². The third kappa shape index (κ3) is 4.31. The van der Waals surface area contributed by atoms with Crippen LogP contribution >= 0.6 is 0 Å². The second-order valence-electron chi connectivity index (χ2n) is 8.76. The molecule has 0 bridgehead atoms. The number of halogens is 1. The van der Waals surface area contributed by atoms with Gasteiger partial charge in [0.05, 0.1) is 7.11 Å². The molecule has 1 amide bonds. The first-order chi connectivity index (χ1) is 13.1. The molecular weight excluding hydrogens is 361 g/mol. The van der Waals surface area contributed by atoms with Crippen molar-refractivity contribution in [3.63, 3.8) is 0 Å². The first-order valence-electron chi connectivity index (χ1n) is 9.92. The Bertz CT molecular complexity index is 727. The van der Waals surface area contributed by atoms with E-state index in [0.29, 0.717) is 37.2 Å². The lowest BCUT2D eigenvalue weighted by molar-refractivity contribution is -0.161. The number of likely N-dealkylation sites (N-methyl/N-ethyl adjacent to an activating group) is 1. The normalized spacial score (nSPS) is 26.5. The number of likely N-dealkylation sites (tertiary alicyclic amines) is 1. The van der Waals surface area contributed by atoms with Gasteiger partial charge in [-0.3, -0.25) is 14.6 Å². The molecule has 2 saturated heterocycles. The fourth-order valence-electron chi connectivity index (χ4n) is 4.21. The van der Waals surface area contributed by atoms with Gasteiger partial charge >= 0.3 is 0 Å². The molecule has 2 aliphatic rings. The number of carbonyl (C=O) groups is 1. The minimum atomic E-state index is -1.42.